The van der Waals surface area contributed by atoms with Crippen LogP contribution in [-0.4, -0.2) is 40.3 Å². The largest absolute Gasteiger partial charge is 0.318 e. The number of rotatable bonds is 8. The molecule has 0 aliphatic heterocycles. The van der Waals surface area contributed by atoms with Gasteiger partial charge in [0, 0.05) is 20.1 Å². The third-order valence-electron chi connectivity index (χ3n) is 1.30. The Labute approximate surface area is 68.6 Å². The molecule has 0 saturated carbocycles. The molecule has 0 amide bonds. The summed E-state index contributed by atoms with van der Waals surface area (Å²) in [5.74, 6) is 0. The molecule has 0 fully saturated rings. The number of hydrogen-bond donors (Lipinski definition) is 3. The van der Waals surface area contributed by atoms with Crippen LogP contribution in [0.2, 0.25) is 0 Å². The van der Waals surface area contributed by atoms with Gasteiger partial charge in [0.1, 0.15) is 0 Å². The van der Waals surface area contributed by atoms with E-state index in [4.69, 9.17) is 4.84 Å². The second kappa shape index (κ2) is 9.84. The van der Waals surface area contributed by atoms with Gasteiger partial charge in [-0.25, -0.2) is 5.48 Å². The zero-order valence-electron chi connectivity index (χ0n) is 7.44. The normalized spacial score (nSPS) is 10.4. The second-order valence-corrected chi connectivity index (χ2v) is 2.26. The van der Waals surface area contributed by atoms with E-state index in [1.807, 2.05) is 7.05 Å². The average molecular weight is 161 g/mol. The van der Waals surface area contributed by atoms with Gasteiger partial charge in [-0.1, -0.05) is 0 Å². The van der Waals surface area contributed by atoms with Crippen molar-refractivity contribution in [2.45, 2.75) is 6.42 Å². The summed E-state index contributed by atoms with van der Waals surface area (Å²) in [4.78, 5) is 4.93. The Morgan fingerprint density at radius 1 is 1.09 bits per heavy atom. The van der Waals surface area contributed by atoms with E-state index < -0.39 is 0 Å². The smallest absolute Gasteiger partial charge is 0.0694 e. The first-order valence-electron chi connectivity index (χ1n) is 4.05. The van der Waals surface area contributed by atoms with E-state index in [0.29, 0.717) is 0 Å². The minimum atomic E-state index is 0.767. The molecule has 3 N–H and O–H groups in total. The van der Waals surface area contributed by atoms with E-state index >= 15 is 0 Å². The Kier molecular flexibility index (Phi) is 9.70. The molecule has 4 nitrogen and oxygen atoms in total. The Balaban J connectivity index is 2.69. The van der Waals surface area contributed by atoms with Crippen LogP contribution in [0.5, 0.6) is 0 Å². The molecule has 0 unspecified atom stereocenters. The zero-order chi connectivity index (χ0) is 8.36. The van der Waals surface area contributed by atoms with E-state index in [0.717, 1.165) is 32.7 Å². The maximum absolute atomic E-state index is 4.93. The van der Waals surface area contributed by atoms with Gasteiger partial charge < -0.3 is 15.5 Å². The van der Waals surface area contributed by atoms with Crippen molar-refractivity contribution in [3.05, 3.63) is 0 Å². The minimum absolute atomic E-state index is 0.767. The molecule has 0 aliphatic rings. The highest BCUT2D eigenvalue weighted by Crippen LogP contribution is 1.75. The molecule has 11 heavy (non-hydrogen) atoms. The lowest BCUT2D eigenvalue weighted by atomic mass is 10.4. The Morgan fingerprint density at radius 3 is 2.55 bits per heavy atom. The van der Waals surface area contributed by atoms with Gasteiger partial charge in [0.2, 0.25) is 0 Å². The number of likely N-dealkylation sites (N-methyl/N-ethyl adjacent to an activating group) is 1. The van der Waals surface area contributed by atoms with Crippen LogP contribution in [-0.2, 0) is 4.84 Å². The molecule has 0 spiro atoms. The molecule has 0 aromatic carbocycles. The summed E-state index contributed by atoms with van der Waals surface area (Å²) in [6.45, 7) is 3.83. The maximum atomic E-state index is 4.93. The van der Waals surface area contributed by atoms with Crippen LogP contribution in [0.4, 0.5) is 0 Å². The Morgan fingerprint density at radius 2 is 1.91 bits per heavy atom. The fourth-order valence-corrected chi connectivity index (χ4v) is 0.710. The zero-order valence-corrected chi connectivity index (χ0v) is 7.44. The first kappa shape index (κ1) is 10.8. The van der Waals surface area contributed by atoms with Gasteiger partial charge in [-0.05, 0) is 20.0 Å². The van der Waals surface area contributed by atoms with Crippen LogP contribution in [0, 0.1) is 0 Å². The fourth-order valence-electron chi connectivity index (χ4n) is 0.710. The van der Waals surface area contributed by atoms with Crippen LogP contribution in [0.25, 0.3) is 0 Å². The summed E-state index contributed by atoms with van der Waals surface area (Å²) in [5, 5.41) is 6.34. The molecule has 0 atom stereocenters. The lowest BCUT2D eigenvalue weighted by Crippen LogP contribution is -2.26. The summed E-state index contributed by atoms with van der Waals surface area (Å²) in [7, 11) is 3.72. The maximum Gasteiger partial charge on any atom is 0.0694 e. The van der Waals surface area contributed by atoms with Gasteiger partial charge in [0.15, 0.2) is 0 Å². The number of nitrogens with one attached hydrogen (secondary N) is 3. The molecule has 0 radical (unpaired) electrons. The van der Waals surface area contributed by atoms with Gasteiger partial charge in [-0.15, -0.1) is 0 Å². The fraction of sp³-hybridized carbons (Fsp3) is 1.00. The standard InChI is InChI=1S/C7H19N3O/c1-8-5-6-10-4-3-7-11-9-2/h8-10H,3-7H2,1-2H3. The summed E-state index contributed by atoms with van der Waals surface area (Å²) >= 11 is 0. The van der Waals surface area contributed by atoms with Gasteiger partial charge in [0.05, 0.1) is 6.61 Å². The summed E-state index contributed by atoms with van der Waals surface area (Å²) in [5.41, 5.74) is 2.63. The van der Waals surface area contributed by atoms with Crippen LogP contribution < -0.4 is 16.1 Å². The number of hydrogen-bond acceptors (Lipinski definition) is 4. The molecule has 68 valence electrons. The number of hydroxylamine groups is 1. The van der Waals surface area contributed by atoms with Crippen molar-refractivity contribution in [1.82, 2.24) is 16.1 Å². The van der Waals surface area contributed by atoms with Crippen LogP contribution in [0.3, 0.4) is 0 Å². The van der Waals surface area contributed by atoms with Crippen molar-refractivity contribution >= 4 is 0 Å². The minimum Gasteiger partial charge on any atom is -0.318 e. The first-order valence-corrected chi connectivity index (χ1v) is 4.05. The van der Waals surface area contributed by atoms with Gasteiger partial charge in [-0.3, -0.25) is 0 Å². The third kappa shape index (κ3) is 9.84. The molecule has 0 aliphatic carbocycles. The Bertz CT molecular complexity index is 62.7. The first-order chi connectivity index (χ1) is 5.41. The predicted molar refractivity (Wildman–Crippen MR) is 46.4 cm³/mol. The monoisotopic (exact) mass is 161 g/mol. The third-order valence-corrected chi connectivity index (χ3v) is 1.30. The van der Waals surface area contributed by atoms with Gasteiger partial charge >= 0.3 is 0 Å². The second-order valence-electron chi connectivity index (χ2n) is 2.26. The van der Waals surface area contributed by atoms with Gasteiger partial charge in [-0.2, -0.15) is 0 Å². The van der Waals surface area contributed by atoms with Crippen molar-refractivity contribution in [2.75, 3.05) is 40.3 Å². The van der Waals surface area contributed by atoms with Crippen molar-refractivity contribution in [2.24, 2.45) is 0 Å². The molecular weight excluding hydrogens is 142 g/mol. The van der Waals surface area contributed by atoms with Gasteiger partial charge in [0.25, 0.3) is 0 Å². The quantitative estimate of drug-likeness (QED) is 0.326. The molecular formula is C7H19N3O. The van der Waals surface area contributed by atoms with Crippen molar-refractivity contribution < 1.29 is 4.84 Å². The highest BCUT2D eigenvalue weighted by Gasteiger charge is 1.86. The van der Waals surface area contributed by atoms with Crippen LogP contribution in [0.15, 0.2) is 0 Å². The molecule has 0 heterocycles. The molecule has 0 bridgehead atoms. The van der Waals surface area contributed by atoms with E-state index in [9.17, 15) is 0 Å². The van der Waals surface area contributed by atoms with Crippen molar-refractivity contribution in [3.8, 4) is 0 Å². The predicted octanol–water partition coefficient (Wildman–Crippen LogP) is -0.663. The van der Waals surface area contributed by atoms with E-state index in [1.165, 1.54) is 0 Å². The molecule has 0 rings (SSSR count). The summed E-state index contributed by atoms with van der Waals surface area (Å²) < 4.78 is 0. The Hall–Kier alpha value is -0.160. The topological polar surface area (TPSA) is 45.3 Å². The molecule has 4 heteroatoms. The molecule has 0 aromatic rings. The highest BCUT2D eigenvalue weighted by atomic mass is 16.6. The van der Waals surface area contributed by atoms with Crippen LogP contribution in [0.1, 0.15) is 6.42 Å². The lowest BCUT2D eigenvalue weighted by Gasteiger charge is -2.03. The van der Waals surface area contributed by atoms with Crippen molar-refractivity contribution in [3.63, 3.8) is 0 Å². The summed E-state index contributed by atoms with van der Waals surface area (Å²) in [6.07, 6.45) is 1.05. The van der Waals surface area contributed by atoms with E-state index in [2.05, 4.69) is 16.1 Å². The average Bonchev–Trinajstić information content (AvgIpc) is 2.03. The SMILES string of the molecule is CNCCNCCCONC. The van der Waals surface area contributed by atoms with Crippen molar-refractivity contribution in [1.29, 1.82) is 0 Å². The van der Waals surface area contributed by atoms with Crippen LogP contribution >= 0.6 is 0 Å². The van der Waals surface area contributed by atoms with E-state index in [-0.39, 0.29) is 0 Å². The molecule has 0 aromatic heterocycles. The lowest BCUT2D eigenvalue weighted by molar-refractivity contribution is 0.0564. The molecule has 0 saturated heterocycles. The summed E-state index contributed by atoms with van der Waals surface area (Å²) in [6, 6.07) is 0. The highest BCUT2D eigenvalue weighted by molar-refractivity contribution is 4.48. The van der Waals surface area contributed by atoms with E-state index in [1.54, 1.807) is 7.05 Å².